The Morgan fingerprint density at radius 2 is 2.18 bits per heavy atom. The quantitative estimate of drug-likeness (QED) is 0.692. The number of fused-ring (bicyclic) bond motifs is 1. The summed E-state index contributed by atoms with van der Waals surface area (Å²) in [5.74, 6) is 0. The standard InChI is InChI=1S/C13H8N2S2/c14-6-5-13-15-10(8-16-13)12-7-9-3-1-2-4-11(9)17-12/h1-4,7-8H,5H2. The molecule has 3 rings (SSSR count). The van der Waals surface area contributed by atoms with E-state index in [0.717, 1.165) is 10.7 Å². The molecular weight excluding hydrogens is 248 g/mol. The van der Waals surface area contributed by atoms with E-state index in [1.54, 1.807) is 22.7 Å². The molecule has 0 bridgehead atoms. The zero-order chi connectivity index (χ0) is 11.7. The van der Waals surface area contributed by atoms with Gasteiger partial charge in [-0.15, -0.1) is 22.7 Å². The fourth-order valence-electron chi connectivity index (χ4n) is 1.68. The van der Waals surface area contributed by atoms with E-state index in [9.17, 15) is 0 Å². The van der Waals surface area contributed by atoms with Gasteiger partial charge in [-0.25, -0.2) is 4.98 Å². The maximum Gasteiger partial charge on any atom is 0.107 e. The third-order valence-electron chi connectivity index (χ3n) is 2.46. The highest BCUT2D eigenvalue weighted by Gasteiger charge is 2.07. The summed E-state index contributed by atoms with van der Waals surface area (Å²) < 4.78 is 1.28. The second-order valence-corrected chi connectivity index (χ2v) is 5.64. The van der Waals surface area contributed by atoms with Gasteiger partial charge in [0.2, 0.25) is 0 Å². The van der Waals surface area contributed by atoms with Crippen LogP contribution < -0.4 is 0 Å². The number of nitrogens with zero attached hydrogens (tertiary/aromatic N) is 2. The molecule has 0 atom stereocenters. The first-order chi connectivity index (χ1) is 8.36. The van der Waals surface area contributed by atoms with Crippen molar-refractivity contribution in [2.75, 3.05) is 0 Å². The van der Waals surface area contributed by atoms with E-state index in [4.69, 9.17) is 5.26 Å². The maximum absolute atomic E-state index is 8.63. The summed E-state index contributed by atoms with van der Waals surface area (Å²) in [5, 5.41) is 12.8. The largest absolute Gasteiger partial charge is 0.239 e. The van der Waals surface area contributed by atoms with E-state index in [1.807, 2.05) is 17.5 Å². The molecule has 0 saturated carbocycles. The van der Waals surface area contributed by atoms with Gasteiger partial charge in [-0.2, -0.15) is 5.26 Å². The number of hydrogen-bond acceptors (Lipinski definition) is 4. The fraction of sp³-hybridized carbons (Fsp3) is 0.0769. The lowest BCUT2D eigenvalue weighted by molar-refractivity contribution is 1.19. The van der Waals surface area contributed by atoms with E-state index in [1.165, 1.54) is 15.0 Å². The first-order valence-electron chi connectivity index (χ1n) is 5.17. The Morgan fingerprint density at radius 1 is 1.29 bits per heavy atom. The van der Waals surface area contributed by atoms with Crippen LogP contribution in [-0.2, 0) is 6.42 Å². The topological polar surface area (TPSA) is 36.7 Å². The van der Waals surface area contributed by atoms with Gasteiger partial charge in [0.05, 0.1) is 23.1 Å². The van der Waals surface area contributed by atoms with Gasteiger partial charge in [0.1, 0.15) is 5.01 Å². The smallest absolute Gasteiger partial charge is 0.107 e. The van der Waals surface area contributed by atoms with Crippen molar-refractivity contribution < 1.29 is 0 Å². The monoisotopic (exact) mass is 256 g/mol. The minimum absolute atomic E-state index is 0.398. The van der Waals surface area contributed by atoms with Gasteiger partial charge in [0.15, 0.2) is 0 Å². The predicted octanol–water partition coefficient (Wildman–Crippen LogP) is 4.09. The molecule has 3 aromatic rings. The molecule has 2 nitrogen and oxygen atoms in total. The third-order valence-corrected chi connectivity index (χ3v) is 4.45. The molecule has 82 valence electrons. The Kier molecular flexibility index (Phi) is 2.63. The van der Waals surface area contributed by atoms with Gasteiger partial charge in [0, 0.05) is 10.1 Å². The number of nitriles is 1. The fourth-order valence-corrected chi connectivity index (χ4v) is 3.51. The normalized spacial score (nSPS) is 10.5. The predicted molar refractivity (Wildman–Crippen MR) is 72.3 cm³/mol. The number of benzene rings is 1. The van der Waals surface area contributed by atoms with Gasteiger partial charge in [-0.1, -0.05) is 18.2 Å². The third kappa shape index (κ3) is 1.95. The molecule has 2 aromatic heterocycles. The van der Waals surface area contributed by atoms with E-state index in [0.29, 0.717) is 6.42 Å². The summed E-state index contributed by atoms with van der Waals surface area (Å²) in [5.41, 5.74) is 0.987. The lowest BCUT2D eigenvalue weighted by Gasteiger charge is -1.86. The van der Waals surface area contributed by atoms with Crippen LogP contribution in [0.2, 0.25) is 0 Å². The molecule has 2 heterocycles. The van der Waals surface area contributed by atoms with Crippen LogP contribution in [0.4, 0.5) is 0 Å². The van der Waals surface area contributed by atoms with Crippen LogP contribution in [0.15, 0.2) is 35.7 Å². The molecule has 0 aliphatic carbocycles. The number of thiophene rings is 1. The highest BCUT2D eigenvalue weighted by atomic mass is 32.1. The van der Waals surface area contributed by atoms with Crippen molar-refractivity contribution in [1.29, 1.82) is 5.26 Å². The Labute approximate surface area is 107 Å². The lowest BCUT2D eigenvalue weighted by atomic mass is 10.2. The van der Waals surface area contributed by atoms with Crippen LogP contribution in [-0.4, -0.2) is 4.98 Å². The Hall–Kier alpha value is -1.70. The second kappa shape index (κ2) is 4.28. The van der Waals surface area contributed by atoms with Crippen molar-refractivity contribution in [3.05, 3.63) is 40.7 Å². The van der Waals surface area contributed by atoms with Crippen molar-refractivity contribution in [2.45, 2.75) is 6.42 Å². The Bertz CT molecular complexity index is 670. The molecule has 0 fully saturated rings. The molecule has 0 amide bonds. The molecule has 17 heavy (non-hydrogen) atoms. The minimum Gasteiger partial charge on any atom is -0.239 e. The summed E-state index contributed by atoms with van der Waals surface area (Å²) in [6, 6.07) is 12.6. The molecule has 0 unspecified atom stereocenters. The second-order valence-electron chi connectivity index (χ2n) is 3.61. The lowest BCUT2D eigenvalue weighted by Crippen LogP contribution is -1.78. The summed E-state index contributed by atoms with van der Waals surface area (Å²) in [6.07, 6.45) is 0.398. The molecule has 0 aliphatic rings. The van der Waals surface area contributed by atoms with Crippen molar-refractivity contribution in [1.82, 2.24) is 4.98 Å². The summed E-state index contributed by atoms with van der Waals surface area (Å²) >= 11 is 3.29. The van der Waals surface area contributed by atoms with Crippen LogP contribution >= 0.6 is 22.7 Å². The van der Waals surface area contributed by atoms with Gasteiger partial charge in [0.25, 0.3) is 0 Å². The van der Waals surface area contributed by atoms with Gasteiger partial charge in [-0.05, 0) is 17.5 Å². The van der Waals surface area contributed by atoms with Crippen molar-refractivity contribution in [3.63, 3.8) is 0 Å². The molecule has 0 spiro atoms. The summed E-state index contributed by atoms with van der Waals surface area (Å²) in [4.78, 5) is 5.64. The molecule has 0 aliphatic heterocycles. The van der Waals surface area contributed by atoms with Gasteiger partial charge >= 0.3 is 0 Å². The van der Waals surface area contributed by atoms with E-state index >= 15 is 0 Å². The molecule has 0 N–H and O–H groups in total. The zero-order valence-electron chi connectivity index (χ0n) is 8.88. The number of hydrogen-bond donors (Lipinski definition) is 0. The Morgan fingerprint density at radius 3 is 3.00 bits per heavy atom. The van der Waals surface area contributed by atoms with E-state index in [2.05, 4.69) is 29.3 Å². The maximum atomic E-state index is 8.63. The first-order valence-corrected chi connectivity index (χ1v) is 6.87. The molecule has 0 radical (unpaired) electrons. The van der Waals surface area contributed by atoms with E-state index in [-0.39, 0.29) is 0 Å². The summed E-state index contributed by atoms with van der Waals surface area (Å²) in [6.45, 7) is 0. The Balaban J connectivity index is 2.05. The minimum atomic E-state index is 0.398. The van der Waals surface area contributed by atoms with Crippen LogP contribution in [0.5, 0.6) is 0 Å². The highest BCUT2D eigenvalue weighted by molar-refractivity contribution is 7.22. The van der Waals surface area contributed by atoms with Crippen LogP contribution in [0, 0.1) is 11.3 Å². The first kappa shape index (κ1) is 10.5. The van der Waals surface area contributed by atoms with Crippen LogP contribution in [0.1, 0.15) is 5.01 Å². The summed E-state index contributed by atoms with van der Waals surface area (Å²) in [7, 11) is 0. The molecule has 1 aromatic carbocycles. The highest BCUT2D eigenvalue weighted by Crippen LogP contribution is 2.33. The SMILES string of the molecule is N#CCc1nc(-c2cc3ccccc3s2)cs1. The average molecular weight is 256 g/mol. The van der Waals surface area contributed by atoms with Gasteiger partial charge in [-0.3, -0.25) is 0 Å². The molecule has 4 heteroatoms. The zero-order valence-corrected chi connectivity index (χ0v) is 10.5. The van der Waals surface area contributed by atoms with Crippen molar-refractivity contribution in [3.8, 4) is 16.6 Å². The van der Waals surface area contributed by atoms with Crippen molar-refractivity contribution in [2.24, 2.45) is 0 Å². The van der Waals surface area contributed by atoms with Crippen molar-refractivity contribution >= 4 is 32.8 Å². The van der Waals surface area contributed by atoms with E-state index < -0.39 is 0 Å². The van der Waals surface area contributed by atoms with Crippen LogP contribution in [0.25, 0.3) is 20.7 Å². The number of rotatable bonds is 2. The van der Waals surface area contributed by atoms with Crippen LogP contribution in [0.3, 0.4) is 0 Å². The average Bonchev–Trinajstić information content (AvgIpc) is 2.94. The van der Waals surface area contributed by atoms with Gasteiger partial charge < -0.3 is 0 Å². The number of aromatic nitrogens is 1. The molecular formula is C13H8N2S2. The number of thiazole rings is 1. The molecule has 0 saturated heterocycles.